The van der Waals surface area contributed by atoms with E-state index in [0.29, 0.717) is 12.2 Å². The van der Waals surface area contributed by atoms with E-state index >= 15 is 0 Å². The number of nitrogens with zero attached hydrogens (tertiary/aromatic N) is 4. The number of allylic oxidation sites excluding steroid dienone is 10. The summed E-state index contributed by atoms with van der Waals surface area (Å²) in [6.07, 6.45) is 34.9. The number of nitrogen functional groups attached to an aromatic ring is 1. The van der Waals surface area contributed by atoms with Gasteiger partial charge in [0.25, 0.3) is 0 Å². The van der Waals surface area contributed by atoms with Gasteiger partial charge >= 0.3 is 23.5 Å². The van der Waals surface area contributed by atoms with Crippen molar-refractivity contribution in [2.24, 2.45) is 5.41 Å². The average Bonchev–Trinajstić information content (AvgIpc) is 4.12. The van der Waals surface area contributed by atoms with E-state index in [9.17, 15) is 57.9 Å². The summed E-state index contributed by atoms with van der Waals surface area (Å²) in [6, 6.07) is 0. The van der Waals surface area contributed by atoms with Gasteiger partial charge in [0.05, 0.1) is 19.5 Å². The number of imidazole rings is 1. The van der Waals surface area contributed by atoms with Crippen molar-refractivity contribution in [3.63, 3.8) is 0 Å². The van der Waals surface area contributed by atoms with Crippen LogP contribution < -0.4 is 16.4 Å². The quantitative estimate of drug-likeness (QED) is 0.0171. The van der Waals surface area contributed by atoms with Crippen molar-refractivity contribution in [3.8, 4) is 0 Å². The van der Waals surface area contributed by atoms with Crippen LogP contribution in [0, 0.1) is 5.41 Å². The molecule has 0 spiro atoms. The number of aliphatic hydroxyl groups excluding tert-OH is 2. The lowest BCUT2D eigenvalue weighted by molar-refractivity contribution is -0.137. The smallest absolute Gasteiger partial charge is 0.386 e. The molecule has 3 rings (SSSR count). The molecule has 10 N–H and O–H groups in total. The highest BCUT2D eigenvalue weighted by Gasteiger charge is 2.50. The molecule has 24 nitrogen and oxygen atoms in total. The van der Waals surface area contributed by atoms with Gasteiger partial charge in [0.15, 0.2) is 22.8 Å². The number of fused-ring (bicyclic) bond motifs is 1. The molecule has 0 radical (unpaired) electrons. The van der Waals surface area contributed by atoms with E-state index in [-0.39, 0.29) is 41.6 Å². The highest BCUT2D eigenvalue weighted by atomic mass is 32.2. The predicted molar refractivity (Wildman–Crippen MR) is 302 cm³/mol. The predicted octanol–water partition coefficient (Wildman–Crippen LogP) is 8.49. The number of amides is 2. The molecule has 2 aromatic rings. The number of nitrogens with two attached hydrogens (primary N) is 1. The first-order valence-electron chi connectivity index (χ1n) is 26.9. The molecule has 0 saturated carbocycles. The van der Waals surface area contributed by atoms with Crippen molar-refractivity contribution >= 4 is 69.1 Å². The minimum atomic E-state index is -5.58. The second-order valence-electron chi connectivity index (χ2n) is 19.5. The third-order valence-electron chi connectivity index (χ3n) is 12.2. The van der Waals surface area contributed by atoms with E-state index in [0.717, 1.165) is 86.8 Å². The number of rotatable bonds is 42. The van der Waals surface area contributed by atoms with Crippen molar-refractivity contribution < 1.29 is 80.5 Å². The molecule has 1 aliphatic heterocycles. The Morgan fingerprint density at radius 2 is 1.33 bits per heavy atom. The fourth-order valence-corrected chi connectivity index (χ4v) is 11.3. The Labute approximate surface area is 468 Å². The van der Waals surface area contributed by atoms with E-state index in [1.54, 1.807) is 0 Å². The van der Waals surface area contributed by atoms with Crippen LogP contribution in [0.25, 0.3) is 11.2 Å². The number of hydrogen-bond donors (Lipinski definition) is 9. The zero-order chi connectivity index (χ0) is 58.2. The first-order valence-corrected chi connectivity index (χ1v) is 32.4. The lowest BCUT2D eigenvalue weighted by atomic mass is 9.87. The second kappa shape index (κ2) is 37.4. The van der Waals surface area contributed by atoms with Gasteiger partial charge in [0.2, 0.25) is 11.8 Å². The number of aliphatic hydroxyl groups is 2. The maximum Gasteiger partial charge on any atom is 0.481 e. The number of phosphoric acid groups is 3. The summed E-state index contributed by atoms with van der Waals surface area (Å²) in [5.74, 6) is -1.04. The topological polar surface area (TPSA) is 364 Å². The van der Waals surface area contributed by atoms with Gasteiger partial charge in [-0.1, -0.05) is 145 Å². The van der Waals surface area contributed by atoms with Crippen molar-refractivity contribution in [1.82, 2.24) is 30.2 Å². The zero-order valence-corrected chi connectivity index (χ0v) is 49.1. The molecule has 7 atom stereocenters. The molecule has 3 heterocycles. The van der Waals surface area contributed by atoms with E-state index in [1.807, 2.05) is 0 Å². The molecule has 0 bridgehead atoms. The average molecular weight is 1190 g/mol. The van der Waals surface area contributed by atoms with Crippen LogP contribution in [0.5, 0.6) is 0 Å². The van der Waals surface area contributed by atoms with Gasteiger partial charge in [-0.25, -0.2) is 28.6 Å². The Hall–Kier alpha value is -3.74. The summed E-state index contributed by atoms with van der Waals surface area (Å²) in [4.78, 5) is 88.7. The number of carbonyl (C=O) groups excluding carboxylic acids is 3. The maximum atomic E-state index is 12.8. The number of hydrogen-bond acceptors (Lipinski definition) is 18. The van der Waals surface area contributed by atoms with Crippen LogP contribution in [0.15, 0.2) is 73.4 Å². The Bertz CT molecular complexity index is 2450. The van der Waals surface area contributed by atoms with Crippen LogP contribution in [-0.2, 0) is 50.7 Å². The Kier molecular flexibility index (Phi) is 32.9. The molecule has 1 fully saturated rings. The van der Waals surface area contributed by atoms with Crippen molar-refractivity contribution in [1.29, 1.82) is 0 Å². The van der Waals surface area contributed by atoms with Crippen LogP contribution >= 0.6 is 35.2 Å². The molecule has 2 unspecified atom stereocenters. The molecular weight excluding hydrogens is 1110 g/mol. The summed E-state index contributed by atoms with van der Waals surface area (Å²) in [6.45, 7) is 2.78. The van der Waals surface area contributed by atoms with E-state index in [2.05, 4.69) is 102 Å². The van der Waals surface area contributed by atoms with Gasteiger partial charge in [0.1, 0.15) is 36.3 Å². The monoisotopic (exact) mass is 1190 g/mol. The Morgan fingerprint density at radius 1 is 0.772 bits per heavy atom. The normalized spacial score (nSPS) is 19.4. The molecule has 0 aliphatic carbocycles. The number of nitrogens with one attached hydrogen (secondary N) is 2. The van der Waals surface area contributed by atoms with Crippen molar-refractivity contribution in [3.05, 3.63) is 73.4 Å². The SMILES string of the molecule is CCCCC/C=C\C/C=C\C/C=C\C/C=C\C/C=C\CCCCCCCCCCC(=O)SCCNC(=O)CCNC(=O)[C@H](O)C(C)(C)COP(=O)(O)OP(=O)(O)OC[C@H]1O[C@@H](n2cnc3c(N)ncnc32)[C@H](O)[C@@H]1OP(=O)(O)O. The highest BCUT2D eigenvalue weighted by Crippen LogP contribution is 2.61. The fourth-order valence-electron chi connectivity index (χ4n) is 7.79. The number of aromatic nitrogens is 4. The fraction of sp³-hybridized carbons (Fsp3) is 0.647. The number of phosphoric ester groups is 3. The third kappa shape index (κ3) is 29.2. The lowest BCUT2D eigenvalue weighted by Gasteiger charge is -2.30. The molecule has 2 amide bonds. The molecule has 0 aromatic carbocycles. The summed E-state index contributed by atoms with van der Waals surface area (Å²) in [5.41, 5.74) is 4.29. The lowest BCUT2D eigenvalue weighted by Crippen LogP contribution is -2.46. The second-order valence-corrected chi connectivity index (χ2v) is 24.8. The number of ether oxygens (including phenoxy) is 1. The molecule has 1 aliphatic rings. The highest BCUT2D eigenvalue weighted by molar-refractivity contribution is 8.13. The van der Waals surface area contributed by atoms with Gasteiger partial charge in [-0.2, -0.15) is 4.31 Å². The van der Waals surface area contributed by atoms with Crippen molar-refractivity contribution in [2.75, 3.05) is 37.8 Å². The summed E-state index contributed by atoms with van der Waals surface area (Å²) < 4.78 is 62.6. The minimum Gasteiger partial charge on any atom is -0.386 e. The maximum absolute atomic E-state index is 12.8. The van der Waals surface area contributed by atoms with E-state index < -0.39 is 84.6 Å². The van der Waals surface area contributed by atoms with Gasteiger partial charge in [-0.05, 0) is 57.8 Å². The minimum absolute atomic E-state index is 0.0320. The van der Waals surface area contributed by atoms with Crippen LogP contribution in [0.4, 0.5) is 5.82 Å². The van der Waals surface area contributed by atoms with Crippen LogP contribution in [-0.4, -0.2) is 123 Å². The first kappa shape index (κ1) is 69.5. The summed E-state index contributed by atoms with van der Waals surface area (Å²) in [5, 5.41) is 26.7. The third-order valence-corrected chi connectivity index (χ3v) is 16.2. The van der Waals surface area contributed by atoms with E-state index in [4.69, 9.17) is 19.5 Å². The first-order chi connectivity index (χ1) is 37.6. The number of thioether (sulfide) groups is 1. The molecule has 1 saturated heterocycles. The zero-order valence-electron chi connectivity index (χ0n) is 45.6. The summed E-state index contributed by atoms with van der Waals surface area (Å²) >= 11 is 1.15. The van der Waals surface area contributed by atoms with Gasteiger partial charge in [-0.3, -0.25) is 32.5 Å². The standard InChI is InChI=1S/C51H84N7O17P3S/c1-4-5-6-7-8-9-10-11-12-13-14-15-16-17-18-19-20-21-22-23-24-25-26-27-28-29-30-31-42(60)79-35-34-53-41(59)32-33-54-49(63)46(62)51(2,3)37-72-78(69,70)75-77(67,68)71-36-40-45(74-76(64,65)66)44(61)50(73-40)58-39-57-43-47(52)55-38-56-48(43)58/h8-9,11-12,14-15,17-18,20-21,38-40,44-46,50,61-62H,4-7,10,13,16,19,22-37H2,1-3H3,(H,53,59)(H,54,63)(H,67,68)(H,69,70)(H2,52,55,56)(H2,64,65,66)/b9-8-,12-11-,15-14-,18-17-,21-20-/t40-,44-,45-,46+,50-/m1/s1. The van der Waals surface area contributed by atoms with Crippen LogP contribution in [0.1, 0.15) is 149 Å². The molecular formula is C51H84N7O17P3S. The van der Waals surface area contributed by atoms with Crippen LogP contribution in [0.3, 0.4) is 0 Å². The van der Waals surface area contributed by atoms with Crippen molar-refractivity contribution in [2.45, 2.75) is 173 Å². The van der Waals surface area contributed by atoms with Crippen LogP contribution in [0.2, 0.25) is 0 Å². The Morgan fingerprint density at radius 3 is 1.92 bits per heavy atom. The Balaban J connectivity index is 1.19. The van der Waals surface area contributed by atoms with Gasteiger partial charge < -0.3 is 50.9 Å². The molecule has 28 heteroatoms. The number of carbonyl (C=O) groups is 3. The summed E-state index contributed by atoms with van der Waals surface area (Å²) in [7, 11) is -16.4. The molecule has 2 aromatic heterocycles. The van der Waals surface area contributed by atoms with Gasteiger partial charge in [0, 0.05) is 37.1 Å². The van der Waals surface area contributed by atoms with Gasteiger partial charge in [-0.15, -0.1) is 0 Å². The molecule has 446 valence electrons. The number of unbranched alkanes of at least 4 members (excludes halogenated alkanes) is 11. The molecule has 79 heavy (non-hydrogen) atoms. The largest absolute Gasteiger partial charge is 0.481 e. The van der Waals surface area contributed by atoms with E-state index in [1.165, 1.54) is 65.2 Å². The number of anilines is 1.